The molecule has 0 unspecified atom stereocenters. The Kier molecular flexibility index (Phi) is 5.16. The van der Waals surface area contributed by atoms with Gasteiger partial charge in [0.15, 0.2) is 0 Å². The summed E-state index contributed by atoms with van der Waals surface area (Å²) < 4.78 is 5.38. The molecule has 0 aliphatic carbocycles. The molecule has 2 aromatic carbocycles. The highest BCUT2D eigenvalue weighted by molar-refractivity contribution is 5.73. The molecule has 1 amide bonds. The minimum absolute atomic E-state index is 0.0221. The molecular formula is C18H19NO2. The zero-order valence-electron chi connectivity index (χ0n) is 12.3. The van der Waals surface area contributed by atoms with E-state index in [1.54, 1.807) is 7.11 Å². The van der Waals surface area contributed by atoms with Crippen LogP contribution in [0, 0.1) is 0 Å². The molecule has 0 spiro atoms. The first-order chi connectivity index (χ1) is 10.2. The lowest BCUT2D eigenvalue weighted by Crippen LogP contribution is -2.19. The van der Waals surface area contributed by atoms with Crippen LogP contribution in [0.25, 0.3) is 17.2 Å². The fourth-order valence-electron chi connectivity index (χ4n) is 2.05. The van der Waals surface area contributed by atoms with Gasteiger partial charge in [0.2, 0.25) is 5.91 Å². The van der Waals surface area contributed by atoms with Crippen molar-refractivity contribution >= 4 is 12.0 Å². The van der Waals surface area contributed by atoms with Crippen molar-refractivity contribution in [3.8, 4) is 16.9 Å². The monoisotopic (exact) mass is 281 g/mol. The fraction of sp³-hybridized carbons (Fsp3) is 0.167. The van der Waals surface area contributed by atoms with E-state index in [2.05, 4.69) is 17.4 Å². The van der Waals surface area contributed by atoms with Crippen LogP contribution in [0.2, 0.25) is 0 Å². The third-order valence-corrected chi connectivity index (χ3v) is 3.11. The molecule has 0 aromatic heterocycles. The number of hydrogen-bond donors (Lipinski definition) is 1. The highest BCUT2D eigenvalue weighted by atomic mass is 16.5. The summed E-state index contributed by atoms with van der Waals surface area (Å²) in [6, 6.07) is 16.2. The van der Waals surface area contributed by atoms with E-state index in [4.69, 9.17) is 4.74 Å². The van der Waals surface area contributed by atoms with Crippen molar-refractivity contribution in [1.82, 2.24) is 5.32 Å². The van der Waals surface area contributed by atoms with Crippen LogP contribution in [0.4, 0.5) is 0 Å². The number of carbonyl (C=O) groups excluding carboxylic acids is 1. The van der Waals surface area contributed by atoms with Gasteiger partial charge in [0.25, 0.3) is 0 Å². The van der Waals surface area contributed by atoms with E-state index < -0.39 is 0 Å². The molecule has 0 atom stereocenters. The van der Waals surface area contributed by atoms with Gasteiger partial charge >= 0.3 is 0 Å². The van der Waals surface area contributed by atoms with Crippen molar-refractivity contribution in [3.63, 3.8) is 0 Å². The van der Waals surface area contributed by atoms with Gasteiger partial charge in [-0.15, -0.1) is 0 Å². The maximum Gasteiger partial charge on any atom is 0.217 e. The number of hydrogen-bond acceptors (Lipinski definition) is 2. The molecule has 1 N–H and O–H groups in total. The second kappa shape index (κ2) is 7.29. The van der Waals surface area contributed by atoms with Crippen molar-refractivity contribution in [1.29, 1.82) is 0 Å². The Morgan fingerprint density at radius 1 is 1.14 bits per heavy atom. The molecule has 0 aliphatic heterocycles. The molecular weight excluding hydrogens is 262 g/mol. The SMILES string of the molecule is COc1ccccc1-c1ccc(C=CCNC(C)=O)cc1. The van der Waals surface area contributed by atoms with Crippen molar-refractivity contribution in [2.24, 2.45) is 0 Å². The number of methoxy groups -OCH3 is 1. The summed E-state index contributed by atoms with van der Waals surface area (Å²) in [6.07, 6.45) is 3.92. The van der Waals surface area contributed by atoms with Crippen LogP contribution in [0.1, 0.15) is 12.5 Å². The first-order valence-electron chi connectivity index (χ1n) is 6.85. The summed E-state index contributed by atoms with van der Waals surface area (Å²) in [5.74, 6) is 0.845. The average molecular weight is 281 g/mol. The Balaban J connectivity index is 2.10. The van der Waals surface area contributed by atoms with Crippen LogP contribution >= 0.6 is 0 Å². The molecule has 2 rings (SSSR count). The molecule has 0 heterocycles. The predicted octanol–water partition coefficient (Wildman–Crippen LogP) is 3.51. The summed E-state index contributed by atoms with van der Waals surface area (Å²) in [7, 11) is 1.68. The van der Waals surface area contributed by atoms with Crippen molar-refractivity contribution in [2.45, 2.75) is 6.92 Å². The molecule has 0 bridgehead atoms. The minimum Gasteiger partial charge on any atom is -0.496 e. The smallest absolute Gasteiger partial charge is 0.217 e. The normalized spacial score (nSPS) is 10.6. The van der Waals surface area contributed by atoms with E-state index in [9.17, 15) is 4.79 Å². The van der Waals surface area contributed by atoms with Crippen LogP contribution in [0.3, 0.4) is 0 Å². The fourth-order valence-corrected chi connectivity index (χ4v) is 2.05. The van der Waals surface area contributed by atoms with Gasteiger partial charge in [-0.25, -0.2) is 0 Å². The van der Waals surface area contributed by atoms with E-state index in [0.717, 1.165) is 22.4 Å². The molecule has 21 heavy (non-hydrogen) atoms. The molecule has 0 saturated heterocycles. The maximum absolute atomic E-state index is 10.8. The van der Waals surface area contributed by atoms with Gasteiger partial charge < -0.3 is 10.1 Å². The standard InChI is InChI=1S/C18H19NO2/c1-14(20)19-13-5-6-15-9-11-16(12-10-15)17-7-3-4-8-18(17)21-2/h3-12H,13H2,1-2H3,(H,19,20). The largest absolute Gasteiger partial charge is 0.496 e. The molecule has 0 fully saturated rings. The van der Waals surface area contributed by atoms with E-state index in [1.165, 1.54) is 6.92 Å². The van der Waals surface area contributed by atoms with E-state index in [-0.39, 0.29) is 5.91 Å². The summed E-state index contributed by atoms with van der Waals surface area (Å²) >= 11 is 0. The first-order valence-corrected chi connectivity index (χ1v) is 6.85. The average Bonchev–Trinajstić information content (AvgIpc) is 2.52. The third-order valence-electron chi connectivity index (χ3n) is 3.11. The summed E-state index contributed by atoms with van der Waals surface area (Å²) in [5.41, 5.74) is 3.29. The van der Waals surface area contributed by atoms with Gasteiger partial charge in [0.1, 0.15) is 5.75 Å². The molecule has 2 aromatic rings. The van der Waals surface area contributed by atoms with Crippen LogP contribution < -0.4 is 10.1 Å². The molecule has 0 radical (unpaired) electrons. The number of benzene rings is 2. The minimum atomic E-state index is -0.0221. The number of carbonyl (C=O) groups is 1. The lowest BCUT2D eigenvalue weighted by atomic mass is 10.0. The van der Waals surface area contributed by atoms with Gasteiger partial charge in [-0.1, -0.05) is 54.6 Å². The number of amides is 1. The van der Waals surface area contributed by atoms with Gasteiger partial charge in [-0.05, 0) is 17.2 Å². The topological polar surface area (TPSA) is 38.3 Å². The lowest BCUT2D eigenvalue weighted by molar-refractivity contribution is -0.118. The van der Waals surface area contributed by atoms with Crippen LogP contribution in [0.15, 0.2) is 54.6 Å². The Bertz CT molecular complexity index is 630. The molecule has 108 valence electrons. The second-order valence-corrected chi connectivity index (χ2v) is 4.66. The molecule has 0 aliphatic rings. The highest BCUT2D eigenvalue weighted by Gasteiger charge is 2.03. The third kappa shape index (κ3) is 4.21. The zero-order chi connectivity index (χ0) is 15.1. The second-order valence-electron chi connectivity index (χ2n) is 4.66. The Labute approximate surface area is 125 Å². The van der Waals surface area contributed by atoms with E-state index in [1.807, 2.05) is 48.6 Å². The lowest BCUT2D eigenvalue weighted by Gasteiger charge is -2.08. The number of rotatable bonds is 5. The van der Waals surface area contributed by atoms with E-state index >= 15 is 0 Å². The molecule has 3 heteroatoms. The van der Waals surface area contributed by atoms with Crippen molar-refractivity contribution in [3.05, 3.63) is 60.2 Å². The summed E-state index contributed by atoms with van der Waals surface area (Å²) in [6.45, 7) is 2.06. The first kappa shape index (κ1) is 14.9. The number of ether oxygens (including phenoxy) is 1. The Hall–Kier alpha value is -2.55. The van der Waals surface area contributed by atoms with Crippen LogP contribution in [-0.4, -0.2) is 19.6 Å². The predicted molar refractivity (Wildman–Crippen MR) is 86.1 cm³/mol. The maximum atomic E-state index is 10.8. The number of para-hydroxylation sites is 1. The van der Waals surface area contributed by atoms with Gasteiger partial charge in [-0.2, -0.15) is 0 Å². The summed E-state index contributed by atoms with van der Waals surface area (Å²) in [4.78, 5) is 10.8. The Morgan fingerprint density at radius 2 is 1.86 bits per heavy atom. The molecule has 3 nitrogen and oxygen atoms in total. The Morgan fingerprint density at radius 3 is 2.52 bits per heavy atom. The van der Waals surface area contributed by atoms with Crippen LogP contribution in [0.5, 0.6) is 5.75 Å². The molecule has 0 saturated carbocycles. The number of nitrogens with one attached hydrogen (secondary N) is 1. The van der Waals surface area contributed by atoms with Gasteiger partial charge in [0.05, 0.1) is 7.11 Å². The highest BCUT2D eigenvalue weighted by Crippen LogP contribution is 2.29. The van der Waals surface area contributed by atoms with Gasteiger partial charge in [-0.3, -0.25) is 4.79 Å². The van der Waals surface area contributed by atoms with Crippen LogP contribution in [-0.2, 0) is 4.79 Å². The zero-order valence-corrected chi connectivity index (χ0v) is 12.3. The quantitative estimate of drug-likeness (QED) is 0.910. The van der Waals surface area contributed by atoms with Crippen molar-refractivity contribution < 1.29 is 9.53 Å². The van der Waals surface area contributed by atoms with E-state index in [0.29, 0.717) is 6.54 Å². The van der Waals surface area contributed by atoms with Gasteiger partial charge in [0, 0.05) is 19.0 Å². The van der Waals surface area contributed by atoms with Crippen molar-refractivity contribution in [2.75, 3.05) is 13.7 Å². The summed E-state index contributed by atoms with van der Waals surface area (Å²) in [5, 5.41) is 2.73.